The molecule has 6 heteroatoms. The third kappa shape index (κ3) is 4.26. The molecule has 5 nitrogen and oxygen atoms in total. The molecule has 0 saturated heterocycles. The lowest BCUT2D eigenvalue weighted by molar-refractivity contribution is -0.117. The van der Waals surface area contributed by atoms with Crippen LogP contribution in [0.5, 0.6) is 0 Å². The van der Waals surface area contributed by atoms with Gasteiger partial charge in [-0.15, -0.1) is 11.3 Å². The number of carboxylic acids is 1. The summed E-state index contributed by atoms with van der Waals surface area (Å²) in [7, 11) is 0. The van der Waals surface area contributed by atoms with Gasteiger partial charge >= 0.3 is 5.97 Å². The van der Waals surface area contributed by atoms with E-state index in [2.05, 4.69) is 10.3 Å². The Bertz CT molecular complexity index is 704. The van der Waals surface area contributed by atoms with Crippen molar-refractivity contribution < 1.29 is 14.7 Å². The second kappa shape index (κ2) is 7.00. The molecule has 1 unspecified atom stereocenters. The van der Waals surface area contributed by atoms with Gasteiger partial charge in [0.25, 0.3) is 0 Å². The van der Waals surface area contributed by atoms with Gasteiger partial charge in [-0.3, -0.25) is 4.79 Å². The summed E-state index contributed by atoms with van der Waals surface area (Å²) in [4.78, 5) is 26.9. The summed E-state index contributed by atoms with van der Waals surface area (Å²) < 4.78 is 0. The molecular weight excluding hydrogens is 300 g/mol. The molecule has 0 fully saturated rings. The lowest BCUT2D eigenvalue weighted by atomic mass is 10.1. The predicted octanol–water partition coefficient (Wildman–Crippen LogP) is 3.04. The molecule has 1 aromatic carbocycles. The molecule has 0 aliphatic rings. The molecule has 2 aromatic rings. The molecule has 0 aliphatic carbocycles. The summed E-state index contributed by atoms with van der Waals surface area (Å²) in [5.74, 6) is -1.19. The second-order valence-electron chi connectivity index (χ2n) is 4.82. The van der Waals surface area contributed by atoms with Crippen molar-refractivity contribution in [2.24, 2.45) is 0 Å². The fourth-order valence-electron chi connectivity index (χ4n) is 1.80. The lowest BCUT2D eigenvalue weighted by Crippen LogP contribution is -2.24. The largest absolute Gasteiger partial charge is 0.478 e. The van der Waals surface area contributed by atoms with Crippen LogP contribution in [0.4, 0.5) is 0 Å². The number of nitrogens with one attached hydrogen (secondary N) is 1. The van der Waals surface area contributed by atoms with Gasteiger partial charge in [-0.2, -0.15) is 0 Å². The first kappa shape index (κ1) is 15.9. The normalized spacial score (nSPS) is 12.3. The van der Waals surface area contributed by atoms with Gasteiger partial charge in [0, 0.05) is 17.2 Å². The number of carbonyl (C=O) groups is 2. The molecule has 1 aromatic heterocycles. The summed E-state index contributed by atoms with van der Waals surface area (Å²) in [5, 5.41) is 14.5. The molecular formula is C16H16N2O3S. The summed E-state index contributed by atoms with van der Waals surface area (Å²) in [6.07, 6.45) is 3.06. The number of carbonyl (C=O) groups excluding carboxylic acids is 1. The van der Waals surface area contributed by atoms with Crippen molar-refractivity contribution in [3.63, 3.8) is 0 Å². The van der Waals surface area contributed by atoms with E-state index in [0.717, 1.165) is 16.3 Å². The van der Waals surface area contributed by atoms with Crippen LogP contribution in [0, 0.1) is 6.92 Å². The van der Waals surface area contributed by atoms with Crippen molar-refractivity contribution >= 4 is 29.3 Å². The van der Waals surface area contributed by atoms with Crippen molar-refractivity contribution in [3.8, 4) is 0 Å². The minimum atomic E-state index is -0.971. The maximum atomic E-state index is 11.9. The van der Waals surface area contributed by atoms with Crippen molar-refractivity contribution in [2.45, 2.75) is 19.9 Å². The average Bonchev–Trinajstić information content (AvgIpc) is 2.92. The first-order valence-electron chi connectivity index (χ1n) is 6.69. The van der Waals surface area contributed by atoms with Gasteiger partial charge in [-0.1, -0.05) is 12.1 Å². The fraction of sp³-hybridized carbons (Fsp3) is 0.188. The van der Waals surface area contributed by atoms with Gasteiger partial charge in [0.05, 0.1) is 11.6 Å². The second-order valence-corrected chi connectivity index (χ2v) is 5.71. The van der Waals surface area contributed by atoms with E-state index in [1.807, 2.05) is 19.2 Å². The van der Waals surface area contributed by atoms with Crippen LogP contribution < -0.4 is 5.32 Å². The molecule has 0 bridgehead atoms. The van der Waals surface area contributed by atoms with E-state index in [-0.39, 0.29) is 17.5 Å². The molecule has 22 heavy (non-hydrogen) atoms. The SMILES string of the molecule is Cc1csc(C(C)NC(=O)/C=C/c2ccc(C(=O)O)cc2)n1. The molecule has 0 radical (unpaired) electrons. The number of hydrogen-bond donors (Lipinski definition) is 2. The summed E-state index contributed by atoms with van der Waals surface area (Å²) in [5.41, 5.74) is 1.92. The van der Waals surface area contributed by atoms with Crippen LogP contribution in [-0.2, 0) is 4.79 Å². The van der Waals surface area contributed by atoms with E-state index in [1.165, 1.54) is 29.5 Å². The number of aromatic nitrogens is 1. The fourth-order valence-corrected chi connectivity index (χ4v) is 2.61. The Morgan fingerprint density at radius 1 is 1.32 bits per heavy atom. The lowest BCUT2D eigenvalue weighted by Gasteiger charge is -2.08. The number of amides is 1. The third-order valence-electron chi connectivity index (χ3n) is 2.95. The minimum Gasteiger partial charge on any atom is -0.478 e. The Labute approximate surface area is 132 Å². The molecule has 2 rings (SSSR count). The van der Waals surface area contributed by atoms with E-state index in [9.17, 15) is 9.59 Å². The summed E-state index contributed by atoms with van der Waals surface area (Å²) in [6.45, 7) is 3.79. The molecule has 0 aliphatic heterocycles. The Morgan fingerprint density at radius 3 is 2.55 bits per heavy atom. The molecule has 0 saturated carbocycles. The quantitative estimate of drug-likeness (QED) is 0.831. The molecule has 1 heterocycles. The Balaban J connectivity index is 1.94. The van der Waals surface area contributed by atoms with Crippen molar-refractivity contribution in [2.75, 3.05) is 0 Å². The number of nitrogens with zero attached hydrogens (tertiary/aromatic N) is 1. The van der Waals surface area contributed by atoms with Gasteiger partial charge in [0.2, 0.25) is 5.91 Å². The van der Waals surface area contributed by atoms with E-state index >= 15 is 0 Å². The molecule has 2 N–H and O–H groups in total. The van der Waals surface area contributed by atoms with E-state index in [0.29, 0.717) is 0 Å². The highest BCUT2D eigenvalue weighted by molar-refractivity contribution is 7.09. The van der Waals surface area contributed by atoms with Crippen LogP contribution in [0.2, 0.25) is 0 Å². The molecule has 1 amide bonds. The van der Waals surface area contributed by atoms with Crippen LogP contribution in [0.15, 0.2) is 35.7 Å². The summed E-state index contributed by atoms with van der Waals surface area (Å²) >= 11 is 1.51. The van der Waals surface area contributed by atoms with Gasteiger partial charge < -0.3 is 10.4 Å². The molecule has 1 atom stereocenters. The first-order valence-corrected chi connectivity index (χ1v) is 7.57. The Hall–Kier alpha value is -2.47. The topological polar surface area (TPSA) is 79.3 Å². The number of aromatic carboxylic acids is 1. The highest BCUT2D eigenvalue weighted by atomic mass is 32.1. The third-order valence-corrected chi connectivity index (χ3v) is 4.10. The van der Waals surface area contributed by atoms with Crippen LogP contribution in [-0.4, -0.2) is 22.0 Å². The van der Waals surface area contributed by atoms with E-state index in [1.54, 1.807) is 18.2 Å². The van der Waals surface area contributed by atoms with Crippen LogP contribution in [0.3, 0.4) is 0 Å². The molecule has 0 spiro atoms. The van der Waals surface area contributed by atoms with Crippen molar-refractivity contribution in [1.29, 1.82) is 0 Å². The van der Waals surface area contributed by atoms with E-state index in [4.69, 9.17) is 5.11 Å². The first-order chi connectivity index (χ1) is 10.5. The maximum Gasteiger partial charge on any atom is 0.335 e. The van der Waals surface area contributed by atoms with Crippen LogP contribution in [0.25, 0.3) is 6.08 Å². The Morgan fingerprint density at radius 2 is 2.00 bits per heavy atom. The zero-order valence-electron chi connectivity index (χ0n) is 12.2. The minimum absolute atomic E-state index is 0.148. The number of rotatable bonds is 5. The maximum absolute atomic E-state index is 11.9. The van der Waals surface area contributed by atoms with Crippen molar-refractivity contribution in [1.82, 2.24) is 10.3 Å². The number of hydrogen-bond acceptors (Lipinski definition) is 4. The average molecular weight is 316 g/mol. The molecule has 114 valence electrons. The van der Waals surface area contributed by atoms with Crippen LogP contribution >= 0.6 is 11.3 Å². The number of thiazole rings is 1. The standard InChI is InChI=1S/C16H16N2O3S/c1-10-9-22-15(17-10)11(2)18-14(19)8-5-12-3-6-13(7-4-12)16(20)21/h3-9,11H,1-2H3,(H,18,19)(H,20,21)/b8-5+. The van der Waals surface area contributed by atoms with Gasteiger partial charge in [-0.05, 0) is 37.6 Å². The van der Waals surface area contributed by atoms with E-state index < -0.39 is 5.97 Å². The summed E-state index contributed by atoms with van der Waals surface area (Å²) in [6, 6.07) is 6.16. The number of benzene rings is 1. The van der Waals surface area contributed by atoms with Gasteiger partial charge in [0.15, 0.2) is 0 Å². The monoisotopic (exact) mass is 316 g/mol. The smallest absolute Gasteiger partial charge is 0.335 e. The van der Waals surface area contributed by atoms with Gasteiger partial charge in [0.1, 0.15) is 5.01 Å². The Kier molecular flexibility index (Phi) is 5.06. The highest BCUT2D eigenvalue weighted by Crippen LogP contribution is 2.17. The van der Waals surface area contributed by atoms with Crippen LogP contribution in [0.1, 0.15) is 39.6 Å². The predicted molar refractivity (Wildman–Crippen MR) is 85.8 cm³/mol. The highest BCUT2D eigenvalue weighted by Gasteiger charge is 2.10. The van der Waals surface area contributed by atoms with Crippen molar-refractivity contribution in [3.05, 3.63) is 57.6 Å². The number of carboxylic acid groups (broad SMARTS) is 1. The zero-order valence-corrected chi connectivity index (χ0v) is 13.1. The van der Waals surface area contributed by atoms with Gasteiger partial charge in [-0.25, -0.2) is 9.78 Å². The zero-order chi connectivity index (χ0) is 16.1. The number of aryl methyl sites for hydroxylation is 1.